The van der Waals surface area contributed by atoms with Crippen molar-refractivity contribution in [1.29, 1.82) is 0 Å². The number of hydrogen-bond donors (Lipinski definition) is 1. The third-order valence-electron chi connectivity index (χ3n) is 3.47. The minimum atomic E-state index is -0.358. The van der Waals surface area contributed by atoms with Gasteiger partial charge < -0.3 is 14.4 Å². The van der Waals surface area contributed by atoms with E-state index in [1.54, 1.807) is 7.11 Å². The first-order valence-electron chi connectivity index (χ1n) is 6.26. The lowest BCUT2D eigenvalue weighted by molar-refractivity contribution is 0.109. The predicted molar refractivity (Wildman–Crippen MR) is 61.6 cm³/mol. The Morgan fingerprint density at radius 1 is 1.35 bits per heavy atom. The maximum Gasteiger partial charge on any atom is 0.232 e. The number of methoxy groups -OCH3 is 1. The highest BCUT2D eigenvalue weighted by Crippen LogP contribution is 2.31. The van der Waals surface area contributed by atoms with E-state index in [4.69, 9.17) is 9.26 Å². The Hall–Kier alpha value is -0.940. The zero-order valence-corrected chi connectivity index (χ0v) is 10.4. The van der Waals surface area contributed by atoms with E-state index >= 15 is 0 Å². The Labute approximate surface area is 101 Å². The van der Waals surface area contributed by atoms with Gasteiger partial charge in [-0.05, 0) is 19.8 Å². The molecule has 0 radical (unpaired) electrons. The van der Waals surface area contributed by atoms with Crippen molar-refractivity contribution in [2.24, 2.45) is 0 Å². The van der Waals surface area contributed by atoms with Crippen LogP contribution in [0.1, 0.15) is 62.8 Å². The van der Waals surface area contributed by atoms with Gasteiger partial charge in [0.2, 0.25) is 5.89 Å². The molecule has 1 aliphatic carbocycles. The average Bonchev–Trinajstić information content (AvgIpc) is 2.72. The van der Waals surface area contributed by atoms with E-state index < -0.39 is 0 Å². The van der Waals surface area contributed by atoms with Crippen LogP contribution in [0, 0.1) is 0 Å². The van der Waals surface area contributed by atoms with Gasteiger partial charge in [0, 0.05) is 7.11 Å². The second-order valence-electron chi connectivity index (χ2n) is 4.68. The molecule has 3 unspecified atom stereocenters. The molecule has 3 atom stereocenters. The zero-order chi connectivity index (χ0) is 12.3. The zero-order valence-electron chi connectivity index (χ0n) is 10.4. The summed E-state index contributed by atoms with van der Waals surface area (Å²) in [6.45, 7) is 1.87. The fraction of sp³-hybridized carbons (Fsp3) is 0.833. The van der Waals surface area contributed by atoms with Crippen LogP contribution in [-0.4, -0.2) is 28.5 Å². The number of ether oxygens (including phenoxy) is 1. The lowest BCUT2D eigenvalue weighted by Crippen LogP contribution is -2.17. The van der Waals surface area contributed by atoms with E-state index in [-0.39, 0.29) is 18.1 Å². The molecule has 0 bridgehead atoms. The lowest BCUT2D eigenvalue weighted by atomic mass is 9.97. The maximum absolute atomic E-state index is 10.0. The minimum Gasteiger partial charge on any atom is -0.392 e. The van der Waals surface area contributed by atoms with Gasteiger partial charge in [-0.15, -0.1) is 0 Å². The van der Waals surface area contributed by atoms with Crippen LogP contribution >= 0.6 is 0 Å². The number of aliphatic hydroxyl groups excluding tert-OH is 1. The summed E-state index contributed by atoms with van der Waals surface area (Å²) in [5.41, 5.74) is 0. The monoisotopic (exact) mass is 240 g/mol. The van der Waals surface area contributed by atoms with E-state index in [2.05, 4.69) is 10.1 Å². The molecule has 0 spiro atoms. The Kier molecular flexibility index (Phi) is 4.12. The molecule has 1 N–H and O–H groups in total. The quantitative estimate of drug-likeness (QED) is 0.820. The molecule has 0 amide bonds. The first-order valence-corrected chi connectivity index (χ1v) is 6.26. The second-order valence-corrected chi connectivity index (χ2v) is 4.68. The highest BCUT2D eigenvalue weighted by atomic mass is 16.5. The van der Waals surface area contributed by atoms with E-state index in [0.29, 0.717) is 11.7 Å². The standard InChI is InChI=1S/C12H20N2O3/c1-8(16-2)11-13-12(17-14-11)9-6-4-3-5-7-10(9)15/h8-10,15H,3-7H2,1-2H3. The van der Waals surface area contributed by atoms with E-state index in [1.807, 2.05) is 6.92 Å². The molecule has 5 heteroatoms. The first kappa shape index (κ1) is 12.5. The van der Waals surface area contributed by atoms with Crippen LogP contribution in [0.3, 0.4) is 0 Å². The lowest BCUT2D eigenvalue weighted by Gasteiger charge is -2.15. The molecule has 17 heavy (non-hydrogen) atoms. The summed E-state index contributed by atoms with van der Waals surface area (Å²) in [6.07, 6.45) is 4.57. The smallest absolute Gasteiger partial charge is 0.232 e. The second kappa shape index (κ2) is 5.60. The number of rotatable bonds is 3. The summed E-state index contributed by atoms with van der Waals surface area (Å²) in [4.78, 5) is 4.33. The molecule has 1 fully saturated rings. The Morgan fingerprint density at radius 3 is 2.88 bits per heavy atom. The summed E-state index contributed by atoms with van der Waals surface area (Å²) < 4.78 is 10.4. The number of aromatic nitrogens is 2. The van der Waals surface area contributed by atoms with Gasteiger partial charge in [0.1, 0.15) is 6.10 Å². The van der Waals surface area contributed by atoms with Crippen molar-refractivity contribution in [3.8, 4) is 0 Å². The van der Waals surface area contributed by atoms with Crippen LogP contribution in [-0.2, 0) is 4.74 Å². The molecule has 0 aliphatic heterocycles. The van der Waals surface area contributed by atoms with Crippen LogP contribution < -0.4 is 0 Å². The highest BCUT2D eigenvalue weighted by Gasteiger charge is 2.28. The first-order chi connectivity index (χ1) is 8.22. The molecule has 1 aromatic heterocycles. The number of hydrogen-bond acceptors (Lipinski definition) is 5. The van der Waals surface area contributed by atoms with Gasteiger partial charge in [-0.2, -0.15) is 4.98 Å². The van der Waals surface area contributed by atoms with Gasteiger partial charge >= 0.3 is 0 Å². The number of aliphatic hydroxyl groups is 1. The van der Waals surface area contributed by atoms with Gasteiger partial charge in [0.05, 0.1) is 12.0 Å². The largest absolute Gasteiger partial charge is 0.392 e. The van der Waals surface area contributed by atoms with Crippen molar-refractivity contribution < 1.29 is 14.4 Å². The summed E-state index contributed by atoms with van der Waals surface area (Å²) >= 11 is 0. The van der Waals surface area contributed by atoms with Crippen LogP contribution in [0.2, 0.25) is 0 Å². The Bertz CT molecular complexity index is 353. The third kappa shape index (κ3) is 2.84. The fourth-order valence-electron chi connectivity index (χ4n) is 2.24. The van der Waals surface area contributed by atoms with E-state index in [0.717, 1.165) is 25.7 Å². The summed E-state index contributed by atoms with van der Waals surface area (Å²) in [5, 5.41) is 14.0. The highest BCUT2D eigenvalue weighted by molar-refractivity contribution is 4.99. The van der Waals surface area contributed by atoms with Crippen LogP contribution in [0.15, 0.2) is 4.52 Å². The Balaban J connectivity index is 2.12. The SMILES string of the molecule is COC(C)c1noc(C2CCCCCC2O)n1. The predicted octanol–water partition coefficient (Wildman–Crippen LogP) is 2.19. The summed E-state index contributed by atoms with van der Waals surface area (Å²) in [7, 11) is 1.61. The molecular weight excluding hydrogens is 220 g/mol. The van der Waals surface area contributed by atoms with E-state index in [1.165, 1.54) is 6.42 Å². The van der Waals surface area contributed by atoms with Crippen molar-refractivity contribution in [2.75, 3.05) is 7.11 Å². The maximum atomic E-state index is 10.0. The normalized spacial score (nSPS) is 27.7. The molecule has 0 aromatic carbocycles. The summed E-state index contributed by atoms with van der Waals surface area (Å²) in [6, 6.07) is 0. The fourth-order valence-corrected chi connectivity index (χ4v) is 2.24. The van der Waals surface area contributed by atoms with E-state index in [9.17, 15) is 5.11 Å². The van der Waals surface area contributed by atoms with Crippen molar-refractivity contribution in [3.63, 3.8) is 0 Å². The van der Waals surface area contributed by atoms with Gasteiger partial charge in [-0.1, -0.05) is 24.4 Å². The molecular formula is C12H20N2O3. The van der Waals surface area contributed by atoms with Crippen molar-refractivity contribution in [1.82, 2.24) is 10.1 Å². The molecule has 0 saturated heterocycles. The molecule has 2 rings (SSSR count). The van der Waals surface area contributed by atoms with Gasteiger partial charge in [0.25, 0.3) is 0 Å². The molecule has 1 aliphatic rings. The average molecular weight is 240 g/mol. The van der Waals surface area contributed by atoms with Crippen molar-refractivity contribution in [2.45, 2.75) is 57.2 Å². The van der Waals surface area contributed by atoms with Crippen molar-refractivity contribution in [3.05, 3.63) is 11.7 Å². The van der Waals surface area contributed by atoms with Crippen LogP contribution in [0.4, 0.5) is 0 Å². The molecule has 1 saturated carbocycles. The third-order valence-corrected chi connectivity index (χ3v) is 3.47. The molecule has 96 valence electrons. The van der Waals surface area contributed by atoms with Crippen LogP contribution in [0.25, 0.3) is 0 Å². The van der Waals surface area contributed by atoms with Crippen LogP contribution in [0.5, 0.6) is 0 Å². The number of nitrogens with zero attached hydrogens (tertiary/aromatic N) is 2. The molecule has 5 nitrogen and oxygen atoms in total. The molecule has 1 heterocycles. The van der Waals surface area contributed by atoms with Gasteiger partial charge in [0.15, 0.2) is 5.82 Å². The summed E-state index contributed by atoms with van der Waals surface area (Å²) in [5.74, 6) is 1.10. The molecule has 1 aromatic rings. The minimum absolute atomic E-state index is 0.0113. The van der Waals surface area contributed by atoms with Gasteiger partial charge in [-0.3, -0.25) is 0 Å². The van der Waals surface area contributed by atoms with Gasteiger partial charge in [-0.25, -0.2) is 0 Å². The Morgan fingerprint density at radius 2 is 2.12 bits per heavy atom. The topological polar surface area (TPSA) is 68.4 Å². The van der Waals surface area contributed by atoms with Crippen molar-refractivity contribution >= 4 is 0 Å².